The van der Waals surface area contributed by atoms with E-state index in [1.807, 2.05) is 71.3 Å². The van der Waals surface area contributed by atoms with Crippen LogP contribution >= 0.6 is 15.9 Å². The highest BCUT2D eigenvalue weighted by Gasteiger charge is 2.22. The van der Waals surface area contributed by atoms with Crippen LogP contribution in [0.25, 0.3) is 16.3 Å². The largest absolute Gasteiger partial charge is 0.312 e. The summed E-state index contributed by atoms with van der Waals surface area (Å²) in [4.78, 5) is 26.7. The Labute approximate surface area is 181 Å². The van der Waals surface area contributed by atoms with Crippen molar-refractivity contribution in [1.29, 1.82) is 0 Å². The van der Waals surface area contributed by atoms with E-state index in [2.05, 4.69) is 15.9 Å². The number of carbonyl (C=O) groups excluding carboxylic acids is 2. The van der Waals surface area contributed by atoms with Crippen molar-refractivity contribution in [2.45, 2.75) is 0 Å². The lowest BCUT2D eigenvalue weighted by Gasteiger charge is -2.07. The van der Waals surface area contributed by atoms with Gasteiger partial charge in [-0.15, -0.1) is 0 Å². The molecule has 2 heterocycles. The molecule has 5 rings (SSSR count). The van der Waals surface area contributed by atoms with Gasteiger partial charge in [0.25, 0.3) is 0 Å². The molecule has 0 unspecified atom stereocenters. The molecule has 0 aliphatic rings. The molecule has 2 aromatic heterocycles. The number of rotatable bonds is 4. The lowest BCUT2D eigenvalue weighted by Crippen LogP contribution is -2.04. The summed E-state index contributed by atoms with van der Waals surface area (Å²) in [6.45, 7) is 0. The topological polar surface area (TPSA) is 38.5 Å². The maximum absolute atomic E-state index is 13.4. The number of aromatic nitrogens is 1. The van der Waals surface area contributed by atoms with Crippen molar-refractivity contribution in [3.05, 3.63) is 124 Å². The number of fused-ring (bicyclic) bond motifs is 3. The number of hydrogen-bond donors (Lipinski definition) is 0. The fraction of sp³-hybridized carbons (Fsp3) is 0. The van der Waals surface area contributed by atoms with E-state index in [-0.39, 0.29) is 11.6 Å². The van der Waals surface area contributed by atoms with Crippen LogP contribution in [0, 0.1) is 0 Å². The van der Waals surface area contributed by atoms with Crippen LogP contribution in [0.4, 0.5) is 0 Å². The zero-order valence-electron chi connectivity index (χ0n) is 15.9. The molecule has 0 fully saturated rings. The molecule has 4 heteroatoms. The van der Waals surface area contributed by atoms with Gasteiger partial charge >= 0.3 is 0 Å². The SMILES string of the molecule is O=C(c1ccccc1)c1cc(C(=O)c2ccc(Br)cc2)n2ccc3ccccc3c12. The van der Waals surface area contributed by atoms with Crippen LogP contribution in [0.15, 0.2) is 102 Å². The van der Waals surface area contributed by atoms with Crippen molar-refractivity contribution in [1.82, 2.24) is 4.40 Å². The van der Waals surface area contributed by atoms with Gasteiger partial charge in [-0.3, -0.25) is 9.59 Å². The highest BCUT2D eigenvalue weighted by molar-refractivity contribution is 9.10. The van der Waals surface area contributed by atoms with Gasteiger partial charge < -0.3 is 4.40 Å². The number of hydrogen-bond acceptors (Lipinski definition) is 2. The van der Waals surface area contributed by atoms with E-state index in [1.54, 1.807) is 30.3 Å². The Bertz CT molecular complexity index is 1420. The fourth-order valence-electron chi connectivity index (χ4n) is 3.81. The monoisotopic (exact) mass is 453 g/mol. The average molecular weight is 454 g/mol. The Balaban J connectivity index is 1.79. The van der Waals surface area contributed by atoms with Crippen molar-refractivity contribution in [2.75, 3.05) is 0 Å². The molecule has 0 spiro atoms. The fourth-order valence-corrected chi connectivity index (χ4v) is 4.07. The maximum atomic E-state index is 13.4. The molecule has 0 saturated heterocycles. The van der Waals surface area contributed by atoms with Gasteiger partial charge in [-0.05, 0) is 41.8 Å². The molecule has 5 aromatic rings. The van der Waals surface area contributed by atoms with E-state index in [9.17, 15) is 9.59 Å². The molecule has 0 saturated carbocycles. The van der Waals surface area contributed by atoms with Crippen LogP contribution in [0.5, 0.6) is 0 Å². The first kappa shape index (κ1) is 18.5. The van der Waals surface area contributed by atoms with E-state index in [0.717, 1.165) is 20.8 Å². The van der Waals surface area contributed by atoms with E-state index in [4.69, 9.17) is 0 Å². The third kappa shape index (κ3) is 3.06. The minimum Gasteiger partial charge on any atom is -0.312 e. The molecule has 0 aliphatic carbocycles. The van der Waals surface area contributed by atoms with Gasteiger partial charge in [0.05, 0.1) is 11.2 Å². The highest BCUT2D eigenvalue weighted by atomic mass is 79.9. The minimum atomic E-state index is -0.125. The molecule has 0 N–H and O–H groups in total. The first-order valence-electron chi connectivity index (χ1n) is 9.56. The Hall–Kier alpha value is -3.50. The van der Waals surface area contributed by atoms with Crippen LogP contribution < -0.4 is 0 Å². The molecule has 0 amide bonds. The number of benzene rings is 3. The standard InChI is InChI=1S/C26H16BrNO2/c27-20-12-10-19(11-13-20)26(30)23-16-22(25(29)18-7-2-1-3-8-18)24-21-9-5-4-6-17(21)14-15-28(23)24/h1-16H. The lowest BCUT2D eigenvalue weighted by molar-refractivity contribution is 0.103. The molecule has 30 heavy (non-hydrogen) atoms. The summed E-state index contributed by atoms with van der Waals surface area (Å²) in [6, 6.07) is 28.0. The predicted molar refractivity (Wildman–Crippen MR) is 122 cm³/mol. The van der Waals surface area contributed by atoms with Crippen molar-refractivity contribution >= 4 is 43.8 Å². The van der Waals surface area contributed by atoms with Crippen molar-refractivity contribution in [2.24, 2.45) is 0 Å². The number of carbonyl (C=O) groups is 2. The van der Waals surface area contributed by atoms with Gasteiger partial charge in [0, 0.05) is 32.7 Å². The summed E-state index contributed by atoms with van der Waals surface area (Å²) in [5.74, 6) is -0.223. The van der Waals surface area contributed by atoms with E-state index in [1.165, 1.54) is 0 Å². The summed E-state index contributed by atoms with van der Waals surface area (Å²) in [7, 11) is 0. The number of ketones is 2. The molecule has 144 valence electrons. The van der Waals surface area contributed by atoms with Gasteiger partial charge in [-0.25, -0.2) is 0 Å². The van der Waals surface area contributed by atoms with Gasteiger partial charge in [-0.2, -0.15) is 0 Å². The number of nitrogens with zero attached hydrogens (tertiary/aromatic N) is 1. The predicted octanol–water partition coefficient (Wildman–Crippen LogP) is 6.32. The zero-order chi connectivity index (χ0) is 20.7. The first-order chi connectivity index (χ1) is 14.6. The Morgan fingerprint density at radius 2 is 1.37 bits per heavy atom. The maximum Gasteiger partial charge on any atom is 0.209 e. The quantitative estimate of drug-likeness (QED) is 0.298. The van der Waals surface area contributed by atoms with Crippen molar-refractivity contribution in [3.8, 4) is 0 Å². The molecular weight excluding hydrogens is 438 g/mol. The van der Waals surface area contributed by atoms with E-state index < -0.39 is 0 Å². The second kappa shape index (κ2) is 7.39. The Morgan fingerprint density at radius 1 is 0.700 bits per heavy atom. The van der Waals surface area contributed by atoms with Crippen LogP contribution in [0.3, 0.4) is 0 Å². The normalized spacial score (nSPS) is 11.1. The van der Waals surface area contributed by atoms with Crippen LogP contribution in [0.1, 0.15) is 32.0 Å². The summed E-state index contributed by atoms with van der Waals surface area (Å²) >= 11 is 3.41. The summed E-state index contributed by atoms with van der Waals surface area (Å²) in [5.41, 5.74) is 2.92. The third-order valence-corrected chi connectivity index (χ3v) is 5.80. The van der Waals surface area contributed by atoms with Gasteiger partial charge in [0.15, 0.2) is 5.78 Å². The van der Waals surface area contributed by atoms with E-state index in [0.29, 0.717) is 22.4 Å². The number of pyridine rings is 1. The van der Waals surface area contributed by atoms with Gasteiger partial charge in [0.1, 0.15) is 0 Å². The summed E-state index contributed by atoms with van der Waals surface area (Å²) < 4.78 is 2.74. The molecule has 0 aliphatic heterocycles. The van der Waals surface area contributed by atoms with Crippen LogP contribution in [-0.4, -0.2) is 16.0 Å². The van der Waals surface area contributed by atoms with Crippen LogP contribution in [-0.2, 0) is 0 Å². The summed E-state index contributed by atoms with van der Waals surface area (Å²) in [6.07, 6.45) is 1.87. The second-order valence-electron chi connectivity index (χ2n) is 7.10. The van der Waals surface area contributed by atoms with Crippen molar-refractivity contribution in [3.63, 3.8) is 0 Å². The van der Waals surface area contributed by atoms with Crippen molar-refractivity contribution < 1.29 is 9.59 Å². The third-order valence-electron chi connectivity index (χ3n) is 5.28. The molecule has 0 atom stereocenters. The second-order valence-corrected chi connectivity index (χ2v) is 8.01. The lowest BCUT2D eigenvalue weighted by atomic mass is 10.0. The molecule has 3 nitrogen and oxygen atoms in total. The zero-order valence-corrected chi connectivity index (χ0v) is 17.5. The van der Waals surface area contributed by atoms with E-state index >= 15 is 0 Å². The average Bonchev–Trinajstić information content (AvgIpc) is 3.19. The smallest absolute Gasteiger partial charge is 0.209 e. The number of halogens is 1. The molecular formula is C26H16BrNO2. The summed E-state index contributed by atoms with van der Waals surface area (Å²) in [5, 5.41) is 1.96. The Kier molecular flexibility index (Phi) is 4.57. The van der Waals surface area contributed by atoms with Gasteiger partial charge in [0.2, 0.25) is 5.78 Å². The first-order valence-corrected chi connectivity index (χ1v) is 10.4. The minimum absolute atomic E-state index is 0.0979. The van der Waals surface area contributed by atoms with Gasteiger partial charge in [-0.1, -0.05) is 70.5 Å². The highest BCUT2D eigenvalue weighted by Crippen LogP contribution is 2.29. The Morgan fingerprint density at radius 3 is 2.13 bits per heavy atom. The van der Waals surface area contributed by atoms with Crippen LogP contribution in [0.2, 0.25) is 0 Å². The molecule has 3 aromatic carbocycles. The molecule has 0 bridgehead atoms. The molecule has 0 radical (unpaired) electrons.